The Labute approximate surface area is 150 Å². The van der Waals surface area contributed by atoms with E-state index in [1.54, 1.807) is 5.57 Å². The molecule has 1 spiro atoms. The van der Waals surface area contributed by atoms with Crippen molar-refractivity contribution >= 4 is 0 Å². The number of hydrogen-bond acceptors (Lipinski definition) is 5. The molecule has 0 aromatic heterocycles. The van der Waals surface area contributed by atoms with Crippen molar-refractivity contribution in [3.05, 3.63) is 35.5 Å². The summed E-state index contributed by atoms with van der Waals surface area (Å²) in [5, 5.41) is 20.1. The van der Waals surface area contributed by atoms with Crippen LogP contribution in [-0.4, -0.2) is 58.3 Å². The molecule has 5 unspecified atom stereocenters. The van der Waals surface area contributed by atoms with Crippen LogP contribution in [-0.2, 0) is 0 Å². The Hall–Kier alpha value is -0.980. The summed E-state index contributed by atoms with van der Waals surface area (Å²) in [4.78, 5) is 4.22. The van der Waals surface area contributed by atoms with E-state index in [1.807, 2.05) is 6.92 Å². The van der Waals surface area contributed by atoms with Crippen molar-refractivity contribution in [2.75, 3.05) is 19.6 Å². The largest absolute Gasteiger partial charge is 0.379 e. The van der Waals surface area contributed by atoms with Gasteiger partial charge >= 0.3 is 0 Å². The molecule has 0 aromatic carbocycles. The zero-order valence-electron chi connectivity index (χ0n) is 15.1. The monoisotopic (exact) mass is 345 g/mol. The number of hydrogen-bond donors (Lipinski definition) is 3. The minimum atomic E-state index is -0.901. The molecule has 25 heavy (non-hydrogen) atoms. The molecule has 0 saturated carbocycles. The van der Waals surface area contributed by atoms with E-state index in [2.05, 4.69) is 34.1 Å². The fourth-order valence-electron chi connectivity index (χ4n) is 5.42. The van der Waals surface area contributed by atoms with Crippen LogP contribution in [0.15, 0.2) is 35.5 Å². The molecule has 2 aliphatic carbocycles. The minimum Gasteiger partial charge on any atom is -0.379 e. The first kappa shape index (κ1) is 17.4. The molecule has 5 nitrogen and oxygen atoms in total. The van der Waals surface area contributed by atoms with Gasteiger partial charge in [0.05, 0.1) is 0 Å². The average Bonchev–Trinajstić information content (AvgIpc) is 3.19. The van der Waals surface area contributed by atoms with Crippen LogP contribution in [0.5, 0.6) is 0 Å². The van der Waals surface area contributed by atoms with Gasteiger partial charge in [-0.2, -0.15) is 0 Å². The second kappa shape index (κ2) is 6.63. The number of nitrogens with zero attached hydrogens (tertiary/aromatic N) is 2. The minimum absolute atomic E-state index is 0.0335. The number of allylic oxidation sites excluding steroid dienone is 5. The molecule has 2 heterocycles. The Bertz CT molecular complexity index is 610. The van der Waals surface area contributed by atoms with E-state index in [4.69, 9.17) is 5.73 Å². The van der Waals surface area contributed by atoms with Crippen LogP contribution in [0.3, 0.4) is 0 Å². The summed E-state index contributed by atoms with van der Waals surface area (Å²) in [6, 6.07) is 0.255. The molecule has 4 N–H and O–H groups in total. The van der Waals surface area contributed by atoms with Gasteiger partial charge in [0.2, 0.25) is 0 Å². The van der Waals surface area contributed by atoms with Crippen molar-refractivity contribution in [1.82, 2.24) is 9.80 Å². The first-order valence-electron chi connectivity index (χ1n) is 9.69. The summed E-state index contributed by atoms with van der Waals surface area (Å²) >= 11 is 0. The molecular weight excluding hydrogens is 314 g/mol. The van der Waals surface area contributed by atoms with Crippen LogP contribution >= 0.6 is 0 Å². The summed E-state index contributed by atoms with van der Waals surface area (Å²) in [5.41, 5.74) is 8.94. The van der Waals surface area contributed by atoms with Crippen LogP contribution < -0.4 is 5.73 Å². The first-order valence-corrected chi connectivity index (χ1v) is 9.69. The molecule has 4 aliphatic rings. The maximum Gasteiger partial charge on any atom is 0.161 e. The summed E-state index contributed by atoms with van der Waals surface area (Å²) < 4.78 is 0. The van der Waals surface area contributed by atoms with Crippen molar-refractivity contribution in [2.45, 2.75) is 57.6 Å². The van der Waals surface area contributed by atoms with Gasteiger partial charge in [-0.05, 0) is 50.5 Å². The third-order valence-electron chi connectivity index (χ3n) is 6.76. The van der Waals surface area contributed by atoms with Crippen LogP contribution in [0, 0.1) is 11.3 Å². The zero-order valence-corrected chi connectivity index (χ0v) is 15.1. The third-order valence-corrected chi connectivity index (χ3v) is 6.76. The Kier molecular flexibility index (Phi) is 4.63. The highest BCUT2D eigenvalue weighted by Gasteiger charge is 2.54. The normalized spacial score (nSPS) is 38.6. The van der Waals surface area contributed by atoms with Crippen molar-refractivity contribution in [1.29, 1.82) is 0 Å². The smallest absolute Gasteiger partial charge is 0.161 e. The first-order chi connectivity index (χ1) is 12.0. The lowest BCUT2D eigenvalue weighted by Crippen LogP contribution is -2.46. The van der Waals surface area contributed by atoms with Crippen LogP contribution in [0.4, 0.5) is 0 Å². The maximum absolute atomic E-state index is 10.1. The summed E-state index contributed by atoms with van der Waals surface area (Å²) in [5.74, 6) is 0.517. The van der Waals surface area contributed by atoms with E-state index >= 15 is 0 Å². The van der Waals surface area contributed by atoms with Gasteiger partial charge in [0.15, 0.2) is 6.35 Å². The van der Waals surface area contributed by atoms with Crippen molar-refractivity contribution in [3.8, 4) is 0 Å². The van der Waals surface area contributed by atoms with E-state index < -0.39 is 12.6 Å². The Morgan fingerprint density at radius 2 is 2.12 bits per heavy atom. The van der Waals surface area contributed by atoms with Crippen LogP contribution in [0.1, 0.15) is 39.0 Å². The predicted molar refractivity (Wildman–Crippen MR) is 98.3 cm³/mol. The van der Waals surface area contributed by atoms with Crippen LogP contribution in [0.25, 0.3) is 0 Å². The highest BCUT2D eigenvalue weighted by molar-refractivity contribution is 5.36. The zero-order chi connectivity index (χ0) is 17.6. The number of likely N-dealkylation sites (tertiary alicyclic amines) is 2. The highest BCUT2D eigenvalue weighted by Crippen LogP contribution is 2.51. The molecule has 4 rings (SSSR count). The molecule has 2 aliphatic heterocycles. The van der Waals surface area contributed by atoms with Crippen LogP contribution in [0.2, 0.25) is 0 Å². The van der Waals surface area contributed by atoms with Gasteiger partial charge in [-0.1, -0.05) is 29.9 Å². The van der Waals surface area contributed by atoms with Crippen molar-refractivity contribution < 1.29 is 10.2 Å². The lowest BCUT2D eigenvalue weighted by atomic mass is 9.72. The lowest BCUT2D eigenvalue weighted by Gasteiger charge is -2.34. The summed E-state index contributed by atoms with van der Waals surface area (Å²) in [6.07, 6.45) is 13.4. The second-order valence-electron chi connectivity index (χ2n) is 8.25. The molecule has 2 saturated heterocycles. The fourth-order valence-corrected chi connectivity index (χ4v) is 5.42. The van der Waals surface area contributed by atoms with Gasteiger partial charge in [-0.15, -0.1) is 0 Å². The fraction of sp³-hybridized carbons (Fsp3) is 0.700. The lowest BCUT2D eigenvalue weighted by molar-refractivity contribution is -0.00822. The molecule has 138 valence electrons. The van der Waals surface area contributed by atoms with E-state index in [1.165, 1.54) is 5.57 Å². The Morgan fingerprint density at radius 1 is 1.28 bits per heavy atom. The van der Waals surface area contributed by atoms with Gasteiger partial charge in [0.25, 0.3) is 0 Å². The standard InChI is InChI=1S/C20H31N3O2/c1-14(24)22-10-9-20(12-22)13-23(19(21)25)18-8-7-16(11-17(18)20)15-5-3-2-4-6-15/h2-3,5,11,14,16,18-19,24-25H,4,6-10,12-13,21H2,1H3. The van der Waals surface area contributed by atoms with Gasteiger partial charge < -0.3 is 10.2 Å². The molecule has 0 aromatic rings. The number of nitrogens with two attached hydrogens (primary N) is 1. The quantitative estimate of drug-likeness (QED) is 0.535. The Balaban J connectivity index is 1.66. The number of aliphatic hydroxyl groups excluding tert-OH is 2. The molecule has 2 fully saturated rings. The number of fused-ring (bicyclic) bond motifs is 2. The summed E-state index contributed by atoms with van der Waals surface area (Å²) in [6.45, 7) is 4.42. The molecule has 0 amide bonds. The van der Waals surface area contributed by atoms with Gasteiger partial charge in [-0.3, -0.25) is 15.5 Å². The molecule has 5 atom stereocenters. The number of aliphatic hydroxyl groups is 2. The predicted octanol–water partition coefficient (Wildman–Crippen LogP) is 1.55. The van der Waals surface area contributed by atoms with Gasteiger partial charge in [0, 0.05) is 31.1 Å². The van der Waals surface area contributed by atoms with E-state index in [0.29, 0.717) is 5.92 Å². The topological polar surface area (TPSA) is 73.0 Å². The second-order valence-corrected chi connectivity index (χ2v) is 8.25. The maximum atomic E-state index is 10.1. The van der Waals surface area contributed by atoms with E-state index in [-0.39, 0.29) is 11.5 Å². The van der Waals surface area contributed by atoms with Crippen molar-refractivity contribution in [2.24, 2.45) is 17.1 Å². The van der Waals surface area contributed by atoms with E-state index in [9.17, 15) is 10.2 Å². The highest BCUT2D eigenvalue weighted by atomic mass is 16.3. The van der Waals surface area contributed by atoms with Gasteiger partial charge in [0.1, 0.15) is 6.23 Å². The average molecular weight is 345 g/mol. The SMILES string of the molecule is CC(O)N1CCC2(C1)CN(C(N)O)C1CCC(C3=CC=CCC3)C=C12. The van der Waals surface area contributed by atoms with E-state index in [0.717, 1.165) is 51.7 Å². The molecule has 5 heteroatoms. The molecule has 0 bridgehead atoms. The Morgan fingerprint density at radius 3 is 2.76 bits per heavy atom. The number of rotatable bonds is 3. The molecular formula is C20H31N3O2. The summed E-state index contributed by atoms with van der Waals surface area (Å²) in [7, 11) is 0. The third kappa shape index (κ3) is 3.02. The van der Waals surface area contributed by atoms with Crippen molar-refractivity contribution in [3.63, 3.8) is 0 Å². The van der Waals surface area contributed by atoms with Gasteiger partial charge in [-0.25, -0.2) is 0 Å². The molecule has 0 radical (unpaired) electrons.